The molecule has 0 bridgehead atoms. The number of sulfonamides is 1. The molecular formula is C32H24FNO4S. The maximum absolute atomic E-state index is 14.5. The van der Waals surface area contributed by atoms with Crippen LogP contribution in [0.3, 0.4) is 0 Å². The van der Waals surface area contributed by atoms with Crippen molar-refractivity contribution in [1.82, 2.24) is 4.72 Å². The van der Waals surface area contributed by atoms with E-state index < -0.39 is 21.7 Å². The average Bonchev–Trinajstić information content (AvgIpc) is 2.97. The van der Waals surface area contributed by atoms with E-state index in [9.17, 15) is 17.6 Å². The predicted molar refractivity (Wildman–Crippen MR) is 149 cm³/mol. The molecule has 1 N–H and O–H groups in total. The molecule has 1 amide bonds. The monoisotopic (exact) mass is 537 g/mol. The molecule has 0 saturated carbocycles. The topological polar surface area (TPSA) is 72.5 Å². The zero-order chi connectivity index (χ0) is 27.2. The molecule has 0 heterocycles. The maximum atomic E-state index is 14.5. The molecule has 5 aromatic carbocycles. The second-order valence-corrected chi connectivity index (χ2v) is 10.4. The van der Waals surface area contributed by atoms with Crippen LogP contribution in [0.15, 0.2) is 132 Å². The number of carbonyl (C=O) groups excluding carboxylic acids is 1. The van der Waals surface area contributed by atoms with E-state index in [1.54, 1.807) is 30.3 Å². The largest absolute Gasteiger partial charge is 0.488 e. The fourth-order valence-corrected chi connectivity index (χ4v) is 5.26. The Morgan fingerprint density at radius 1 is 0.667 bits per heavy atom. The van der Waals surface area contributed by atoms with E-state index in [1.165, 1.54) is 24.3 Å². The summed E-state index contributed by atoms with van der Waals surface area (Å²) in [4.78, 5) is 13.2. The van der Waals surface area contributed by atoms with Crippen LogP contribution in [0.25, 0.3) is 22.3 Å². The van der Waals surface area contributed by atoms with Gasteiger partial charge in [-0.15, -0.1) is 0 Å². The van der Waals surface area contributed by atoms with E-state index in [4.69, 9.17) is 4.74 Å². The molecule has 0 spiro atoms. The third kappa shape index (κ3) is 5.89. The van der Waals surface area contributed by atoms with Crippen molar-refractivity contribution in [3.63, 3.8) is 0 Å². The van der Waals surface area contributed by atoms with Gasteiger partial charge in [0, 0.05) is 11.1 Å². The predicted octanol–water partition coefficient (Wildman–Crippen LogP) is 6.86. The molecule has 5 aromatic rings. The Morgan fingerprint density at radius 2 is 1.23 bits per heavy atom. The van der Waals surface area contributed by atoms with Crippen molar-refractivity contribution in [2.24, 2.45) is 0 Å². The first-order valence-electron chi connectivity index (χ1n) is 12.2. The van der Waals surface area contributed by atoms with Crippen molar-refractivity contribution in [3.05, 3.63) is 144 Å². The zero-order valence-electron chi connectivity index (χ0n) is 20.8. The molecule has 5 rings (SSSR count). The lowest BCUT2D eigenvalue weighted by Crippen LogP contribution is -2.31. The summed E-state index contributed by atoms with van der Waals surface area (Å²) in [7, 11) is -4.13. The summed E-state index contributed by atoms with van der Waals surface area (Å²) >= 11 is 0. The van der Waals surface area contributed by atoms with Gasteiger partial charge in [-0.05, 0) is 58.7 Å². The van der Waals surface area contributed by atoms with Gasteiger partial charge in [-0.3, -0.25) is 4.79 Å². The highest BCUT2D eigenvalue weighted by atomic mass is 32.2. The molecule has 0 fully saturated rings. The summed E-state index contributed by atoms with van der Waals surface area (Å²) in [6, 6.07) is 35.7. The first-order valence-corrected chi connectivity index (χ1v) is 13.7. The molecular weight excluding hydrogens is 513 g/mol. The first-order chi connectivity index (χ1) is 18.9. The van der Waals surface area contributed by atoms with Gasteiger partial charge in [0.1, 0.15) is 18.2 Å². The van der Waals surface area contributed by atoms with E-state index in [0.717, 1.165) is 17.2 Å². The molecule has 0 aliphatic heterocycles. The number of carbonyl (C=O) groups is 1. The van der Waals surface area contributed by atoms with Crippen LogP contribution >= 0.6 is 0 Å². The fourth-order valence-electron chi connectivity index (χ4n) is 4.28. The van der Waals surface area contributed by atoms with E-state index in [1.807, 2.05) is 66.7 Å². The second-order valence-electron chi connectivity index (χ2n) is 8.75. The number of hydrogen-bond donors (Lipinski definition) is 1. The molecule has 39 heavy (non-hydrogen) atoms. The van der Waals surface area contributed by atoms with Crippen LogP contribution in [0.1, 0.15) is 15.9 Å². The van der Waals surface area contributed by atoms with Crippen LogP contribution < -0.4 is 9.46 Å². The number of amides is 1. The van der Waals surface area contributed by atoms with Gasteiger partial charge in [0.2, 0.25) is 0 Å². The van der Waals surface area contributed by atoms with E-state index in [2.05, 4.69) is 4.72 Å². The third-order valence-electron chi connectivity index (χ3n) is 6.14. The number of halogens is 1. The van der Waals surface area contributed by atoms with Crippen molar-refractivity contribution in [2.75, 3.05) is 0 Å². The summed E-state index contributed by atoms with van der Waals surface area (Å²) in [5, 5.41) is 0. The Balaban J connectivity index is 1.54. The second kappa shape index (κ2) is 11.3. The van der Waals surface area contributed by atoms with Gasteiger partial charge in [-0.25, -0.2) is 17.5 Å². The molecule has 0 unspecified atom stereocenters. The van der Waals surface area contributed by atoms with Crippen LogP contribution in [-0.2, 0) is 16.6 Å². The molecule has 0 aromatic heterocycles. The average molecular weight is 538 g/mol. The van der Waals surface area contributed by atoms with Crippen molar-refractivity contribution >= 4 is 15.9 Å². The highest BCUT2D eigenvalue weighted by molar-refractivity contribution is 7.90. The van der Waals surface area contributed by atoms with Crippen molar-refractivity contribution in [2.45, 2.75) is 11.5 Å². The van der Waals surface area contributed by atoms with Crippen LogP contribution in [0, 0.1) is 5.82 Å². The first kappa shape index (κ1) is 25.9. The Bertz CT molecular complexity index is 1720. The third-order valence-corrected chi connectivity index (χ3v) is 7.49. The van der Waals surface area contributed by atoms with Gasteiger partial charge >= 0.3 is 0 Å². The number of para-hydroxylation sites is 1. The molecule has 0 atom stereocenters. The molecule has 7 heteroatoms. The lowest BCUT2D eigenvalue weighted by atomic mass is 9.91. The minimum atomic E-state index is -4.13. The molecule has 5 nitrogen and oxygen atoms in total. The lowest BCUT2D eigenvalue weighted by Gasteiger charge is -2.17. The highest BCUT2D eigenvalue weighted by Crippen LogP contribution is 2.39. The van der Waals surface area contributed by atoms with Crippen LogP contribution in [0.4, 0.5) is 4.39 Å². The number of ether oxygens (including phenoxy) is 1. The summed E-state index contributed by atoms with van der Waals surface area (Å²) in [6.45, 7) is 0.352. The molecule has 0 aliphatic rings. The molecule has 0 saturated heterocycles. The van der Waals surface area contributed by atoms with Gasteiger partial charge in [-0.1, -0.05) is 91.0 Å². The lowest BCUT2D eigenvalue weighted by molar-refractivity contribution is 0.0982. The minimum Gasteiger partial charge on any atom is -0.488 e. The van der Waals surface area contributed by atoms with Gasteiger partial charge in [0.25, 0.3) is 15.9 Å². The normalized spacial score (nSPS) is 11.1. The Kier molecular flexibility index (Phi) is 7.52. The number of benzene rings is 5. The standard InChI is InChI=1S/C32H24FNO4S/c33-24-19-20-29(32(35)34-39(36,37)25-13-5-2-6-14-25)30(21-24)27-16-8-7-15-26(27)28-17-9-10-18-31(28)38-22-23-11-3-1-4-12-23/h1-21H,22H2,(H,34,35). The number of nitrogens with one attached hydrogen (secondary N) is 1. The van der Waals surface area contributed by atoms with Crippen molar-refractivity contribution in [3.8, 4) is 28.0 Å². The summed E-state index contributed by atoms with van der Waals surface area (Å²) in [5.74, 6) is -0.809. The van der Waals surface area contributed by atoms with E-state index in [-0.39, 0.29) is 16.0 Å². The summed E-state index contributed by atoms with van der Waals surface area (Å²) < 4.78 is 48.5. The van der Waals surface area contributed by atoms with E-state index in [0.29, 0.717) is 23.5 Å². The van der Waals surface area contributed by atoms with Crippen LogP contribution in [-0.4, -0.2) is 14.3 Å². The molecule has 194 valence electrons. The molecule has 0 aliphatic carbocycles. The van der Waals surface area contributed by atoms with Gasteiger partial charge in [0.05, 0.1) is 4.90 Å². The van der Waals surface area contributed by atoms with Gasteiger partial charge < -0.3 is 4.74 Å². The minimum absolute atomic E-state index is 0.0195. The zero-order valence-corrected chi connectivity index (χ0v) is 21.6. The van der Waals surface area contributed by atoms with Crippen LogP contribution in [0.5, 0.6) is 5.75 Å². The Hall–Kier alpha value is -4.75. The maximum Gasteiger partial charge on any atom is 0.265 e. The Labute approximate surface area is 226 Å². The fraction of sp³-hybridized carbons (Fsp3) is 0.0312. The molecule has 0 radical (unpaired) electrons. The van der Waals surface area contributed by atoms with Crippen LogP contribution in [0.2, 0.25) is 0 Å². The van der Waals surface area contributed by atoms with Crippen molar-refractivity contribution in [1.29, 1.82) is 0 Å². The van der Waals surface area contributed by atoms with Gasteiger partial charge in [0.15, 0.2) is 0 Å². The van der Waals surface area contributed by atoms with E-state index >= 15 is 0 Å². The summed E-state index contributed by atoms with van der Waals surface area (Å²) in [5.41, 5.74) is 3.28. The smallest absolute Gasteiger partial charge is 0.265 e. The quantitative estimate of drug-likeness (QED) is 0.235. The van der Waals surface area contributed by atoms with Crippen molar-refractivity contribution < 1.29 is 22.3 Å². The Morgan fingerprint density at radius 3 is 1.92 bits per heavy atom. The summed E-state index contributed by atoms with van der Waals surface area (Å²) in [6.07, 6.45) is 0. The number of hydrogen-bond acceptors (Lipinski definition) is 4. The van der Waals surface area contributed by atoms with Gasteiger partial charge in [-0.2, -0.15) is 0 Å². The number of rotatable bonds is 8. The highest BCUT2D eigenvalue weighted by Gasteiger charge is 2.23. The SMILES string of the molecule is O=C(NS(=O)(=O)c1ccccc1)c1ccc(F)cc1-c1ccccc1-c1ccccc1OCc1ccccc1.